The standard InChI is InChI=1S/C7H16S/c1-5-8-7(4)6(2)3/h6-7H,5H2,1-4H3. The molecule has 1 unspecified atom stereocenters. The highest BCUT2D eigenvalue weighted by molar-refractivity contribution is 7.99. The van der Waals surface area contributed by atoms with Crippen molar-refractivity contribution < 1.29 is 0 Å². The molecule has 0 aliphatic rings. The summed E-state index contributed by atoms with van der Waals surface area (Å²) in [6.45, 7) is 9.04. The molecule has 1 atom stereocenters. The van der Waals surface area contributed by atoms with Crippen LogP contribution in [0.5, 0.6) is 0 Å². The monoisotopic (exact) mass is 132 g/mol. The smallest absolute Gasteiger partial charge is 0.00416 e. The summed E-state index contributed by atoms with van der Waals surface area (Å²) >= 11 is 2.04. The first-order chi connectivity index (χ1) is 3.68. The second-order valence-electron chi connectivity index (χ2n) is 2.40. The van der Waals surface area contributed by atoms with E-state index in [4.69, 9.17) is 0 Å². The predicted octanol–water partition coefficient (Wildman–Crippen LogP) is 2.78. The molecule has 0 aliphatic heterocycles. The molecule has 0 N–H and O–H groups in total. The van der Waals surface area contributed by atoms with E-state index in [1.807, 2.05) is 11.8 Å². The summed E-state index contributed by atoms with van der Waals surface area (Å²) < 4.78 is 0. The number of hydrogen-bond acceptors (Lipinski definition) is 1. The number of hydrogen-bond donors (Lipinski definition) is 0. The van der Waals surface area contributed by atoms with Crippen molar-refractivity contribution in [1.29, 1.82) is 0 Å². The molecular weight excluding hydrogens is 116 g/mol. The Morgan fingerprint density at radius 1 is 1.25 bits per heavy atom. The van der Waals surface area contributed by atoms with Gasteiger partial charge in [-0.05, 0) is 11.7 Å². The van der Waals surface area contributed by atoms with Gasteiger partial charge in [0.25, 0.3) is 0 Å². The lowest BCUT2D eigenvalue weighted by Crippen LogP contribution is -2.05. The van der Waals surface area contributed by atoms with Crippen LogP contribution in [-0.2, 0) is 0 Å². The first kappa shape index (κ1) is 8.35. The summed E-state index contributed by atoms with van der Waals surface area (Å²) in [5.74, 6) is 2.08. The molecule has 0 bridgehead atoms. The Balaban J connectivity index is 3.17. The topological polar surface area (TPSA) is 0 Å². The Labute approximate surface area is 57.1 Å². The molecule has 0 aromatic heterocycles. The first-order valence-corrected chi connectivity index (χ1v) is 4.35. The van der Waals surface area contributed by atoms with Crippen molar-refractivity contribution in [2.75, 3.05) is 5.75 Å². The molecule has 0 aliphatic carbocycles. The molecule has 50 valence electrons. The van der Waals surface area contributed by atoms with Gasteiger partial charge in [-0.15, -0.1) is 0 Å². The summed E-state index contributed by atoms with van der Waals surface area (Å²) in [6, 6.07) is 0. The van der Waals surface area contributed by atoms with Crippen molar-refractivity contribution in [3.8, 4) is 0 Å². The van der Waals surface area contributed by atoms with Gasteiger partial charge in [0.1, 0.15) is 0 Å². The van der Waals surface area contributed by atoms with Crippen LogP contribution in [0.25, 0.3) is 0 Å². The van der Waals surface area contributed by atoms with E-state index in [0.717, 1.165) is 11.2 Å². The molecule has 0 aromatic carbocycles. The molecule has 0 aromatic rings. The van der Waals surface area contributed by atoms with Crippen molar-refractivity contribution in [1.82, 2.24) is 0 Å². The highest BCUT2D eigenvalue weighted by atomic mass is 32.2. The van der Waals surface area contributed by atoms with Crippen LogP contribution in [-0.4, -0.2) is 11.0 Å². The Morgan fingerprint density at radius 3 is 1.88 bits per heavy atom. The van der Waals surface area contributed by atoms with Gasteiger partial charge in [0.15, 0.2) is 0 Å². The van der Waals surface area contributed by atoms with Crippen LogP contribution in [0, 0.1) is 5.92 Å². The summed E-state index contributed by atoms with van der Waals surface area (Å²) in [5.41, 5.74) is 0. The van der Waals surface area contributed by atoms with Crippen LogP contribution in [0.4, 0.5) is 0 Å². The van der Waals surface area contributed by atoms with E-state index < -0.39 is 0 Å². The lowest BCUT2D eigenvalue weighted by Gasteiger charge is -2.12. The summed E-state index contributed by atoms with van der Waals surface area (Å²) in [7, 11) is 0. The zero-order chi connectivity index (χ0) is 6.57. The lowest BCUT2D eigenvalue weighted by atomic mass is 10.2. The van der Waals surface area contributed by atoms with Crippen LogP contribution in [0.15, 0.2) is 0 Å². The first-order valence-electron chi connectivity index (χ1n) is 3.30. The molecule has 0 rings (SSSR count). The molecule has 8 heavy (non-hydrogen) atoms. The quantitative estimate of drug-likeness (QED) is 0.569. The Morgan fingerprint density at radius 2 is 1.75 bits per heavy atom. The van der Waals surface area contributed by atoms with Gasteiger partial charge in [-0.1, -0.05) is 27.7 Å². The largest absolute Gasteiger partial charge is 0.159 e. The molecular formula is C7H16S. The maximum atomic E-state index is 2.29. The number of rotatable bonds is 3. The van der Waals surface area contributed by atoms with Gasteiger partial charge >= 0.3 is 0 Å². The Bertz CT molecular complexity index is 50.3. The van der Waals surface area contributed by atoms with Crippen molar-refractivity contribution in [2.45, 2.75) is 32.9 Å². The lowest BCUT2D eigenvalue weighted by molar-refractivity contribution is 0.642. The van der Waals surface area contributed by atoms with E-state index in [-0.39, 0.29) is 0 Å². The summed E-state index contributed by atoms with van der Waals surface area (Å²) in [6.07, 6.45) is 0. The van der Waals surface area contributed by atoms with Gasteiger partial charge < -0.3 is 0 Å². The normalized spacial score (nSPS) is 14.6. The maximum Gasteiger partial charge on any atom is 0.00416 e. The molecule has 0 radical (unpaired) electrons. The molecule has 0 nitrogen and oxygen atoms in total. The van der Waals surface area contributed by atoms with Crippen LogP contribution in [0.1, 0.15) is 27.7 Å². The fourth-order valence-corrected chi connectivity index (χ4v) is 1.37. The fraction of sp³-hybridized carbons (Fsp3) is 1.00. The maximum absolute atomic E-state index is 2.29. The molecule has 0 saturated carbocycles. The fourth-order valence-electron chi connectivity index (χ4n) is 0.455. The molecule has 0 spiro atoms. The van der Waals surface area contributed by atoms with Crippen LogP contribution in [0.3, 0.4) is 0 Å². The minimum absolute atomic E-state index is 0.833. The zero-order valence-corrected chi connectivity index (χ0v) is 7.09. The summed E-state index contributed by atoms with van der Waals surface area (Å²) in [5, 5.41) is 0.833. The van der Waals surface area contributed by atoms with Crippen molar-refractivity contribution in [3.05, 3.63) is 0 Å². The molecule has 0 amide bonds. The Hall–Kier alpha value is 0.350. The van der Waals surface area contributed by atoms with Gasteiger partial charge in [-0.3, -0.25) is 0 Å². The molecule has 0 saturated heterocycles. The molecule has 1 heteroatoms. The second kappa shape index (κ2) is 4.25. The van der Waals surface area contributed by atoms with Crippen molar-refractivity contribution in [3.63, 3.8) is 0 Å². The van der Waals surface area contributed by atoms with Crippen LogP contribution in [0.2, 0.25) is 0 Å². The van der Waals surface area contributed by atoms with Crippen LogP contribution < -0.4 is 0 Å². The third-order valence-corrected chi connectivity index (χ3v) is 2.77. The highest BCUT2D eigenvalue weighted by Gasteiger charge is 2.03. The van der Waals surface area contributed by atoms with Gasteiger partial charge in [-0.2, -0.15) is 11.8 Å². The van der Waals surface area contributed by atoms with E-state index in [2.05, 4.69) is 27.7 Å². The minimum atomic E-state index is 0.833. The minimum Gasteiger partial charge on any atom is -0.159 e. The van der Waals surface area contributed by atoms with E-state index >= 15 is 0 Å². The van der Waals surface area contributed by atoms with Gasteiger partial charge in [-0.25, -0.2) is 0 Å². The highest BCUT2D eigenvalue weighted by Crippen LogP contribution is 2.17. The SMILES string of the molecule is CCSC(C)C(C)C. The van der Waals surface area contributed by atoms with E-state index in [9.17, 15) is 0 Å². The van der Waals surface area contributed by atoms with Gasteiger partial charge in [0.2, 0.25) is 0 Å². The molecule has 0 fully saturated rings. The van der Waals surface area contributed by atoms with Gasteiger partial charge in [0, 0.05) is 5.25 Å². The third-order valence-electron chi connectivity index (χ3n) is 1.37. The molecule has 0 heterocycles. The van der Waals surface area contributed by atoms with E-state index in [1.165, 1.54) is 5.75 Å². The van der Waals surface area contributed by atoms with Crippen LogP contribution >= 0.6 is 11.8 Å². The van der Waals surface area contributed by atoms with Crippen molar-refractivity contribution in [2.24, 2.45) is 5.92 Å². The van der Waals surface area contributed by atoms with E-state index in [1.54, 1.807) is 0 Å². The average Bonchev–Trinajstić information content (AvgIpc) is 1.67. The average molecular weight is 132 g/mol. The second-order valence-corrected chi connectivity index (χ2v) is 4.06. The van der Waals surface area contributed by atoms with Gasteiger partial charge in [0.05, 0.1) is 0 Å². The van der Waals surface area contributed by atoms with E-state index in [0.29, 0.717) is 0 Å². The number of thioether (sulfide) groups is 1. The third kappa shape index (κ3) is 3.36. The zero-order valence-electron chi connectivity index (χ0n) is 6.27. The summed E-state index contributed by atoms with van der Waals surface area (Å²) in [4.78, 5) is 0. The van der Waals surface area contributed by atoms with Crippen molar-refractivity contribution >= 4 is 11.8 Å². The predicted molar refractivity (Wildman–Crippen MR) is 42.4 cm³/mol. The Kier molecular flexibility index (Phi) is 4.44.